The SMILES string of the molecule is CCCS(=O)C1CCc2cc(OC)ccc2C1NC. The fourth-order valence-corrected chi connectivity index (χ4v) is 4.54. The van der Waals surface area contributed by atoms with Crippen LogP contribution in [0.4, 0.5) is 0 Å². The zero-order valence-corrected chi connectivity index (χ0v) is 12.8. The van der Waals surface area contributed by atoms with E-state index in [1.807, 2.05) is 13.1 Å². The standard InChI is InChI=1S/C15H23NO2S/c1-4-9-19(17)14-8-5-11-10-12(18-3)6-7-13(11)15(14)16-2/h6-7,10,14-16H,4-5,8-9H2,1-3H3. The normalized spacial score (nSPS) is 23.7. The van der Waals surface area contributed by atoms with E-state index in [1.54, 1.807) is 7.11 Å². The van der Waals surface area contributed by atoms with E-state index in [-0.39, 0.29) is 11.3 Å². The summed E-state index contributed by atoms with van der Waals surface area (Å²) in [6, 6.07) is 6.42. The maximum Gasteiger partial charge on any atom is 0.119 e. The van der Waals surface area contributed by atoms with E-state index in [0.29, 0.717) is 0 Å². The minimum absolute atomic E-state index is 0.196. The van der Waals surface area contributed by atoms with Crippen molar-refractivity contribution in [3.8, 4) is 5.75 Å². The van der Waals surface area contributed by atoms with Gasteiger partial charge in [-0.05, 0) is 49.6 Å². The Morgan fingerprint density at radius 3 is 2.89 bits per heavy atom. The third-order valence-electron chi connectivity index (χ3n) is 3.81. The van der Waals surface area contributed by atoms with Crippen LogP contribution < -0.4 is 10.1 Å². The van der Waals surface area contributed by atoms with Crippen molar-refractivity contribution in [2.24, 2.45) is 0 Å². The third-order valence-corrected chi connectivity index (χ3v) is 5.80. The lowest BCUT2D eigenvalue weighted by Gasteiger charge is -2.33. The van der Waals surface area contributed by atoms with Gasteiger partial charge in [0.25, 0.3) is 0 Å². The van der Waals surface area contributed by atoms with Crippen LogP contribution in [-0.4, -0.2) is 29.4 Å². The van der Waals surface area contributed by atoms with Crippen molar-refractivity contribution in [2.45, 2.75) is 37.5 Å². The fourth-order valence-electron chi connectivity index (χ4n) is 2.87. The molecule has 3 unspecified atom stereocenters. The van der Waals surface area contributed by atoms with E-state index in [0.717, 1.165) is 30.8 Å². The Morgan fingerprint density at radius 1 is 1.47 bits per heavy atom. The highest BCUT2D eigenvalue weighted by atomic mass is 32.2. The molecule has 0 aliphatic heterocycles. The Kier molecular flexibility index (Phi) is 4.99. The molecule has 19 heavy (non-hydrogen) atoms. The average Bonchev–Trinajstić information content (AvgIpc) is 2.45. The van der Waals surface area contributed by atoms with Crippen LogP contribution in [0.15, 0.2) is 18.2 Å². The quantitative estimate of drug-likeness (QED) is 0.901. The predicted octanol–water partition coefficient (Wildman–Crippen LogP) is 2.43. The number of hydrogen-bond acceptors (Lipinski definition) is 3. The zero-order valence-electron chi connectivity index (χ0n) is 11.9. The molecule has 0 radical (unpaired) electrons. The number of ether oxygens (including phenoxy) is 1. The van der Waals surface area contributed by atoms with Gasteiger partial charge in [0.15, 0.2) is 0 Å². The first kappa shape index (κ1) is 14.5. The summed E-state index contributed by atoms with van der Waals surface area (Å²) in [6.45, 7) is 2.09. The topological polar surface area (TPSA) is 38.3 Å². The van der Waals surface area contributed by atoms with E-state index >= 15 is 0 Å². The first-order valence-corrected chi connectivity index (χ1v) is 8.30. The number of aryl methyl sites for hydroxylation is 1. The monoisotopic (exact) mass is 281 g/mol. The Bertz CT molecular complexity index is 461. The first-order chi connectivity index (χ1) is 9.21. The minimum atomic E-state index is -0.745. The van der Waals surface area contributed by atoms with Crippen molar-refractivity contribution in [3.63, 3.8) is 0 Å². The summed E-state index contributed by atoms with van der Waals surface area (Å²) in [5, 5.41) is 3.58. The predicted molar refractivity (Wildman–Crippen MR) is 80.2 cm³/mol. The van der Waals surface area contributed by atoms with E-state index in [1.165, 1.54) is 11.1 Å². The van der Waals surface area contributed by atoms with E-state index < -0.39 is 10.8 Å². The number of rotatable bonds is 5. The van der Waals surface area contributed by atoms with Crippen LogP contribution >= 0.6 is 0 Å². The molecule has 1 aliphatic rings. The number of nitrogens with one attached hydrogen (secondary N) is 1. The molecule has 1 aromatic carbocycles. The summed E-state index contributed by atoms with van der Waals surface area (Å²) >= 11 is 0. The fraction of sp³-hybridized carbons (Fsp3) is 0.600. The average molecular weight is 281 g/mol. The second kappa shape index (κ2) is 6.53. The van der Waals surface area contributed by atoms with E-state index in [9.17, 15) is 4.21 Å². The van der Waals surface area contributed by atoms with Crippen LogP contribution in [0, 0.1) is 0 Å². The summed E-state index contributed by atoms with van der Waals surface area (Å²) in [5.74, 6) is 1.70. The highest BCUT2D eigenvalue weighted by Crippen LogP contribution is 2.34. The Morgan fingerprint density at radius 2 is 2.26 bits per heavy atom. The van der Waals surface area contributed by atoms with Crippen LogP contribution in [0.1, 0.15) is 36.9 Å². The third kappa shape index (κ3) is 3.00. The van der Waals surface area contributed by atoms with Gasteiger partial charge in [-0.2, -0.15) is 0 Å². The van der Waals surface area contributed by atoms with Crippen LogP contribution in [0.5, 0.6) is 5.75 Å². The largest absolute Gasteiger partial charge is 0.497 e. The Labute approximate surface area is 118 Å². The molecule has 1 aromatic rings. The number of fused-ring (bicyclic) bond motifs is 1. The number of benzene rings is 1. The zero-order chi connectivity index (χ0) is 13.8. The van der Waals surface area contributed by atoms with Crippen LogP contribution in [0.2, 0.25) is 0 Å². The first-order valence-electron chi connectivity index (χ1n) is 6.92. The maximum absolute atomic E-state index is 12.3. The summed E-state index contributed by atoms with van der Waals surface area (Å²) in [4.78, 5) is 0. The molecule has 0 aromatic heterocycles. The number of hydrogen-bond donors (Lipinski definition) is 1. The molecule has 0 fully saturated rings. The molecule has 0 spiro atoms. The van der Waals surface area contributed by atoms with E-state index in [4.69, 9.17) is 4.74 Å². The van der Waals surface area contributed by atoms with Gasteiger partial charge in [0, 0.05) is 22.6 Å². The van der Waals surface area contributed by atoms with Gasteiger partial charge >= 0.3 is 0 Å². The molecular weight excluding hydrogens is 258 g/mol. The van der Waals surface area contributed by atoms with Crippen LogP contribution in [-0.2, 0) is 17.2 Å². The lowest BCUT2D eigenvalue weighted by molar-refractivity contribution is 0.412. The molecule has 2 rings (SSSR count). The Hall–Kier alpha value is -0.870. The molecular formula is C15H23NO2S. The summed E-state index contributed by atoms with van der Waals surface area (Å²) < 4.78 is 17.6. The van der Waals surface area contributed by atoms with Gasteiger partial charge in [-0.3, -0.25) is 4.21 Å². The van der Waals surface area contributed by atoms with Gasteiger partial charge in [-0.15, -0.1) is 0 Å². The second-order valence-corrected chi connectivity index (χ2v) is 6.77. The molecule has 3 atom stereocenters. The molecule has 1 aliphatic carbocycles. The molecule has 3 nitrogen and oxygen atoms in total. The van der Waals surface area contributed by atoms with Gasteiger partial charge in [0.1, 0.15) is 5.75 Å². The molecule has 0 heterocycles. The summed E-state index contributed by atoms with van der Waals surface area (Å²) in [6.07, 6.45) is 2.96. The van der Waals surface area contributed by atoms with Gasteiger partial charge in [-0.1, -0.05) is 13.0 Å². The van der Waals surface area contributed by atoms with Crippen molar-refractivity contribution in [1.82, 2.24) is 5.32 Å². The van der Waals surface area contributed by atoms with Crippen LogP contribution in [0.25, 0.3) is 0 Å². The molecule has 0 saturated heterocycles. The smallest absolute Gasteiger partial charge is 0.119 e. The van der Waals surface area contributed by atoms with Gasteiger partial charge < -0.3 is 10.1 Å². The van der Waals surface area contributed by atoms with Gasteiger partial charge in [0.05, 0.1) is 12.4 Å². The highest BCUT2D eigenvalue weighted by Gasteiger charge is 2.32. The molecule has 4 heteroatoms. The van der Waals surface area contributed by atoms with Crippen molar-refractivity contribution in [2.75, 3.05) is 19.9 Å². The highest BCUT2D eigenvalue weighted by molar-refractivity contribution is 7.85. The number of methoxy groups -OCH3 is 1. The van der Waals surface area contributed by atoms with Gasteiger partial charge in [0.2, 0.25) is 0 Å². The molecule has 0 bridgehead atoms. The lowest BCUT2D eigenvalue weighted by atomic mass is 9.87. The van der Waals surface area contributed by atoms with E-state index in [2.05, 4.69) is 24.4 Å². The maximum atomic E-state index is 12.3. The van der Waals surface area contributed by atoms with Crippen molar-refractivity contribution >= 4 is 10.8 Å². The van der Waals surface area contributed by atoms with Gasteiger partial charge in [-0.25, -0.2) is 0 Å². The molecule has 1 N–H and O–H groups in total. The lowest BCUT2D eigenvalue weighted by Crippen LogP contribution is -2.37. The van der Waals surface area contributed by atoms with Crippen molar-refractivity contribution < 1.29 is 8.95 Å². The van der Waals surface area contributed by atoms with Crippen LogP contribution in [0.3, 0.4) is 0 Å². The molecule has 0 saturated carbocycles. The molecule has 106 valence electrons. The Balaban J connectivity index is 2.28. The second-order valence-electron chi connectivity index (χ2n) is 4.99. The summed E-state index contributed by atoms with van der Waals surface area (Å²) in [5.41, 5.74) is 2.60. The van der Waals surface area contributed by atoms with Crippen molar-refractivity contribution in [3.05, 3.63) is 29.3 Å². The summed E-state index contributed by atoms with van der Waals surface area (Å²) in [7, 11) is 2.91. The molecule has 0 amide bonds. The van der Waals surface area contributed by atoms with Crippen molar-refractivity contribution in [1.29, 1.82) is 0 Å². The minimum Gasteiger partial charge on any atom is -0.497 e.